The summed E-state index contributed by atoms with van der Waals surface area (Å²) in [5, 5.41) is 6.51. The first kappa shape index (κ1) is 10.8. The molecular weight excluding hydrogens is 224 g/mol. The van der Waals surface area contributed by atoms with Crippen molar-refractivity contribution in [3.05, 3.63) is 42.4 Å². The van der Waals surface area contributed by atoms with Crippen LogP contribution in [0.5, 0.6) is 0 Å². The Hall–Kier alpha value is -2.36. The molecule has 3 aromatic rings. The van der Waals surface area contributed by atoms with Crippen LogP contribution in [-0.2, 0) is 7.05 Å². The molecule has 1 aromatic carbocycles. The number of rotatable bonds is 1. The molecule has 0 amide bonds. The zero-order valence-electron chi connectivity index (χ0n) is 10.4. The van der Waals surface area contributed by atoms with Crippen molar-refractivity contribution in [1.82, 2.24) is 14.8 Å². The number of anilines is 1. The summed E-state index contributed by atoms with van der Waals surface area (Å²) in [5.74, 6) is 0.677. The number of hydrogen-bond acceptors (Lipinski definition) is 3. The number of aryl methyl sites for hydroxylation is 2. The van der Waals surface area contributed by atoms with E-state index < -0.39 is 0 Å². The summed E-state index contributed by atoms with van der Waals surface area (Å²) >= 11 is 0. The van der Waals surface area contributed by atoms with E-state index in [1.165, 1.54) is 5.39 Å². The zero-order valence-corrected chi connectivity index (χ0v) is 10.4. The molecule has 0 saturated carbocycles. The molecule has 0 bridgehead atoms. The molecule has 90 valence electrons. The molecule has 0 aliphatic carbocycles. The lowest BCUT2D eigenvalue weighted by atomic mass is 10.0. The highest BCUT2D eigenvalue weighted by molar-refractivity contribution is 5.90. The quantitative estimate of drug-likeness (QED) is 0.708. The number of nitrogens with zero attached hydrogens (tertiary/aromatic N) is 3. The summed E-state index contributed by atoms with van der Waals surface area (Å²) in [4.78, 5) is 4.32. The minimum atomic E-state index is 0.677. The molecule has 0 aliphatic heterocycles. The molecule has 2 N–H and O–H groups in total. The van der Waals surface area contributed by atoms with Gasteiger partial charge in [-0.05, 0) is 30.0 Å². The molecule has 0 fully saturated rings. The highest BCUT2D eigenvalue weighted by atomic mass is 15.3. The van der Waals surface area contributed by atoms with Crippen molar-refractivity contribution in [1.29, 1.82) is 0 Å². The summed E-state index contributed by atoms with van der Waals surface area (Å²) in [6.45, 7) is 2.01. The Labute approximate surface area is 105 Å². The fourth-order valence-corrected chi connectivity index (χ4v) is 2.15. The molecule has 2 aromatic heterocycles. The maximum Gasteiger partial charge on any atom is 0.129 e. The number of nitrogen functional groups attached to an aromatic ring is 1. The smallest absolute Gasteiger partial charge is 0.129 e. The molecule has 4 heteroatoms. The van der Waals surface area contributed by atoms with Gasteiger partial charge in [-0.2, -0.15) is 5.10 Å². The van der Waals surface area contributed by atoms with E-state index in [9.17, 15) is 0 Å². The molecule has 2 heterocycles. The van der Waals surface area contributed by atoms with Gasteiger partial charge in [0.25, 0.3) is 0 Å². The minimum Gasteiger partial charge on any atom is -0.383 e. The second-order valence-electron chi connectivity index (χ2n) is 4.40. The number of fused-ring (bicyclic) bond motifs is 1. The fraction of sp³-hybridized carbons (Fsp3) is 0.143. The van der Waals surface area contributed by atoms with E-state index in [1.54, 1.807) is 10.9 Å². The number of benzene rings is 1. The van der Waals surface area contributed by atoms with Crippen molar-refractivity contribution in [2.45, 2.75) is 6.92 Å². The molecule has 0 unspecified atom stereocenters. The molecule has 18 heavy (non-hydrogen) atoms. The normalized spacial score (nSPS) is 11.0. The van der Waals surface area contributed by atoms with Crippen molar-refractivity contribution in [3.8, 4) is 11.1 Å². The van der Waals surface area contributed by atoms with Crippen LogP contribution in [0, 0.1) is 6.92 Å². The van der Waals surface area contributed by atoms with Gasteiger partial charge in [-0.1, -0.05) is 12.1 Å². The van der Waals surface area contributed by atoms with E-state index in [0.717, 1.165) is 22.2 Å². The predicted octanol–water partition coefficient (Wildman–Crippen LogP) is 2.53. The van der Waals surface area contributed by atoms with Crippen LogP contribution in [0.15, 0.2) is 36.7 Å². The summed E-state index contributed by atoms with van der Waals surface area (Å²) < 4.78 is 1.68. The third kappa shape index (κ3) is 1.54. The second kappa shape index (κ2) is 3.84. The van der Waals surface area contributed by atoms with Crippen LogP contribution < -0.4 is 5.73 Å². The zero-order chi connectivity index (χ0) is 12.7. The molecular formula is C14H14N4. The SMILES string of the molecule is Cc1nccc2ccc(-c3cnn(C)c3N)cc12. The van der Waals surface area contributed by atoms with Crippen molar-refractivity contribution in [2.24, 2.45) is 7.05 Å². The molecule has 0 aliphatic rings. The number of hydrogen-bond donors (Lipinski definition) is 1. The van der Waals surface area contributed by atoms with Gasteiger partial charge in [-0.25, -0.2) is 0 Å². The summed E-state index contributed by atoms with van der Waals surface area (Å²) in [5.41, 5.74) is 9.06. The van der Waals surface area contributed by atoms with Gasteiger partial charge in [-0.3, -0.25) is 9.67 Å². The van der Waals surface area contributed by atoms with E-state index in [-0.39, 0.29) is 0 Å². The first-order valence-corrected chi connectivity index (χ1v) is 5.80. The topological polar surface area (TPSA) is 56.7 Å². The molecule has 0 atom stereocenters. The van der Waals surface area contributed by atoms with Gasteiger partial charge in [0.1, 0.15) is 5.82 Å². The van der Waals surface area contributed by atoms with Crippen LogP contribution >= 0.6 is 0 Å². The van der Waals surface area contributed by atoms with E-state index in [0.29, 0.717) is 5.82 Å². The van der Waals surface area contributed by atoms with Crippen LogP contribution in [0.3, 0.4) is 0 Å². The Bertz CT molecular complexity index is 728. The average Bonchev–Trinajstić information content (AvgIpc) is 2.70. The Morgan fingerprint density at radius 2 is 2.06 bits per heavy atom. The largest absolute Gasteiger partial charge is 0.383 e. The molecule has 3 rings (SSSR count). The van der Waals surface area contributed by atoms with Crippen molar-refractivity contribution < 1.29 is 0 Å². The predicted molar refractivity (Wildman–Crippen MR) is 73.1 cm³/mol. The average molecular weight is 238 g/mol. The molecule has 0 spiro atoms. The van der Waals surface area contributed by atoms with E-state index >= 15 is 0 Å². The third-order valence-corrected chi connectivity index (χ3v) is 3.26. The number of pyridine rings is 1. The molecule has 4 nitrogen and oxygen atoms in total. The van der Waals surface area contributed by atoms with Gasteiger partial charge >= 0.3 is 0 Å². The Kier molecular flexibility index (Phi) is 2.30. The van der Waals surface area contributed by atoms with Gasteiger partial charge in [0.05, 0.1) is 6.20 Å². The Morgan fingerprint density at radius 1 is 1.22 bits per heavy atom. The summed E-state index contributed by atoms with van der Waals surface area (Å²) in [6, 6.07) is 8.28. The van der Waals surface area contributed by atoms with Crippen molar-refractivity contribution in [2.75, 3.05) is 5.73 Å². The van der Waals surface area contributed by atoms with Gasteiger partial charge in [-0.15, -0.1) is 0 Å². The fourth-order valence-electron chi connectivity index (χ4n) is 2.15. The van der Waals surface area contributed by atoms with Crippen molar-refractivity contribution in [3.63, 3.8) is 0 Å². The van der Waals surface area contributed by atoms with Crippen LogP contribution in [0.2, 0.25) is 0 Å². The van der Waals surface area contributed by atoms with Crippen LogP contribution in [0.25, 0.3) is 21.9 Å². The second-order valence-corrected chi connectivity index (χ2v) is 4.40. The standard InChI is InChI=1S/C14H14N4/c1-9-12-7-11(4-3-10(12)5-6-16-9)13-8-17-18(2)14(13)15/h3-8H,15H2,1-2H3. The van der Waals surface area contributed by atoms with E-state index in [2.05, 4.69) is 28.3 Å². The third-order valence-electron chi connectivity index (χ3n) is 3.26. The summed E-state index contributed by atoms with van der Waals surface area (Å²) in [6.07, 6.45) is 3.62. The highest BCUT2D eigenvalue weighted by Gasteiger charge is 2.08. The van der Waals surface area contributed by atoms with E-state index in [1.807, 2.05) is 26.2 Å². The lowest BCUT2D eigenvalue weighted by Crippen LogP contribution is -1.98. The minimum absolute atomic E-state index is 0.677. The lowest BCUT2D eigenvalue weighted by Gasteiger charge is -2.05. The highest BCUT2D eigenvalue weighted by Crippen LogP contribution is 2.28. The number of aromatic nitrogens is 3. The van der Waals surface area contributed by atoms with Gasteiger partial charge in [0.2, 0.25) is 0 Å². The maximum atomic E-state index is 6.00. The van der Waals surface area contributed by atoms with E-state index in [4.69, 9.17) is 5.73 Å². The molecule has 0 saturated heterocycles. The van der Waals surface area contributed by atoms with Gasteiger partial charge in [0, 0.05) is 29.9 Å². The monoisotopic (exact) mass is 238 g/mol. The number of nitrogens with two attached hydrogens (primary N) is 1. The van der Waals surface area contributed by atoms with Crippen LogP contribution in [-0.4, -0.2) is 14.8 Å². The Balaban J connectivity index is 2.25. The first-order chi connectivity index (χ1) is 8.66. The molecule has 0 radical (unpaired) electrons. The van der Waals surface area contributed by atoms with Crippen LogP contribution in [0.4, 0.5) is 5.82 Å². The Morgan fingerprint density at radius 3 is 2.78 bits per heavy atom. The van der Waals surface area contributed by atoms with Gasteiger partial charge < -0.3 is 5.73 Å². The van der Waals surface area contributed by atoms with Crippen LogP contribution in [0.1, 0.15) is 5.69 Å². The first-order valence-electron chi connectivity index (χ1n) is 5.80. The van der Waals surface area contributed by atoms with Crippen molar-refractivity contribution >= 4 is 16.6 Å². The summed E-state index contributed by atoms with van der Waals surface area (Å²) in [7, 11) is 1.84. The van der Waals surface area contributed by atoms with Gasteiger partial charge in [0.15, 0.2) is 0 Å². The maximum absolute atomic E-state index is 6.00. The lowest BCUT2D eigenvalue weighted by molar-refractivity contribution is 0.779.